The third-order valence-electron chi connectivity index (χ3n) is 3.15. The summed E-state index contributed by atoms with van der Waals surface area (Å²) < 4.78 is 26.0. The quantitative estimate of drug-likeness (QED) is 0.752. The molecular formula is C16H13ClF2O. The van der Waals surface area contributed by atoms with Gasteiger partial charge in [0.25, 0.3) is 0 Å². The molecule has 0 aliphatic carbocycles. The Kier molecular flexibility index (Phi) is 4.19. The first-order valence-corrected chi connectivity index (χ1v) is 6.50. The van der Waals surface area contributed by atoms with Gasteiger partial charge in [0.1, 0.15) is 0 Å². The Bertz CT molecular complexity index is 680. The van der Waals surface area contributed by atoms with Crippen LogP contribution in [0.2, 0.25) is 5.02 Å². The van der Waals surface area contributed by atoms with Crippen LogP contribution in [0.1, 0.15) is 27.0 Å². The monoisotopic (exact) mass is 294 g/mol. The fraction of sp³-hybridized carbons (Fsp3) is 0.188. The van der Waals surface area contributed by atoms with Crippen molar-refractivity contribution in [3.05, 3.63) is 69.2 Å². The maximum Gasteiger partial charge on any atom is 0.167 e. The van der Waals surface area contributed by atoms with E-state index in [2.05, 4.69) is 0 Å². The minimum absolute atomic E-state index is 0.0269. The van der Waals surface area contributed by atoms with E-state index < -0.39 is 11.6 Å². The lowest BCUT2D eigenvalue weighted by molar-refractivity contribution is 0.0992. The number of rotatable bonds is 3. The van der Waals surface area contributed by atoms with Gasteiger partial charge in [-0.1, -0.05) is 17.7 Å². The third-order valence-corrected chi connectivity index (χ3v) is 3.56. The number of carbonyl (C=O) groups is 1. The van der Waals surface area contributed by atoms with Gasteiger partial charge in [0.05, 0.1) is 0 Å². The lowest BCUT2D eigenvalue weighted by Gasteiger charge is -2.08. The van der Waals surface area contributed by atoms with Gasteiger partial charge in [0, 0.05) is 17.0 Å². The molecule has 2 aromatic carbocycles. The molecule has 20 heavy (non-hydrogen) atoms. The fourth-order valence-electron chi connectivity index (χ4n) is 2.01. The molecule has 104 valence electrons. The van der Waals surface area contributed by atoms with E-state index in [1.807, 2.05) is 6.92 Å². The van der Waals surface area contributed by atoms with Crippen molar-refractivity contribution in [3.63, 3.8) is 0 Å². The SMILES string of the molecule is Cc1cc(C(=O)Cc2ccc(F)c(F)c2)c(C)cc1Cl. The van der Waals surface area contributed by atoms with Gasteiger partial charge in [-0.2, -0.15) is 0 Å². The molecule has 0 aliphatic rings. The number of aryl methyl sites for hydroxylation is 2. The van der Waals surface area contributed by atoms with Gasteiger partial charge >= 0.3 is 0 Å². The van der Waals surface area contributed by atoms with Gasteiger partial charge in [-0.05, 0) is 54.8 Å². The summed E-state index contributed by atoms with van der Waals surface area (Å²) >= 11 is 5.99. The normalized spacial score (nSPS) is 10.7. The molecule has 4 heteroatoms. The molecule has 0 amide bonds. The Morgan fingerprint density at radius 3 is 2.40 bits per heavy atom. The molecule has 1 nitrogen and oxygen atoms in total. The minimum Gasteiger partial charge on any atom is -0.294 e. The second-order valence-electron chi connectivity index (χ2n) is 4.76. The summed E-state index contributed by atoms with van der Waals surface area (Å²) in [6.07, 6.45) is 0.0269. The van der Waals surface area contributed by atoms with E-state index in [0.29, 0.717) is 16.1 Å². The molecule has 0 radical (unpaired) electrons. The molecule has 0 saturated heterocycles. The summed E-state index contributed by atoms with van der Waals surface area (Å²) in [5, 5.41) is 0.604. The molecule has 2 rings (SSSR count). The van der Waals surface area contributed by atoms with Crippen molar-refractivity contribution < 1.29 is 13.6 Å². The zero-order valence-electron chi connectivity index (χ0n) is 11.1. The minimum atomic E-state index is -0.945. The molecule has 0 bridgehead atoms. The van der Waals surface area contributed by atoms with Crippen LogP contribution in [-0.2, 0) is 6.42 Å². The van der Waals surface area contributed by atoms with Crippen LogP contribution in [0.4, 0.5) is 8.78 Å². The first-order valence-electron chi connectivity index (χ1n) is 6.12. The highest BCUT2D eigenvalue weighted by Crippen LogP contribution is 2.22. The van der Waals surface area contributed by atoms with E-state index in [1.54, 1.807) is 19.1 Å². The average molecular weight is 295 g/mol. The van der Waals surface area contributed by atoms with Crippen LogP contribution in [0.25, 0.3) is 0 Å². The van der Waals surface area contributed by atoms with Crippen molar-refractivity contribution in [3.8, 4) is 0 Å². The molecule has 0 aromatic heterocycles. The Hall–Kier alpha value is -1.74. The van der Waals surface area contributed by atoms with Gasteiger partial charge in [-0.3, -0.25) is 4.79 Å². The molecule has 0 spiro atoms. The van der Waals surface area contributed by atoms with Crippen LogP contribution in [0.5, 0.6) is 0 Å². The van der Waals surface area contributed by atoms with E-state index in [1.165, 1.54) is 6.07 Å². The largest absolute Gasteiger partial charge is 0.294 e. The van der Waals surface area contributed by atoms with E-state index in [-0.39, 0.29) is 12.2 Å². The van der Waals surface area contributed by atoms with Crippen molar-refractivity contribution in [2.75, 3.05) is 0 Å². The highest BCUT2D eigenvalue weighted by Gasteiger charge is 2.13. The number of hydrogen-bond donors (Lipinski definition) is 0. The summed E-state index contributed by atoms with van der Waals surface area (Å²) in [4.78, 5) is 12.2. The van der Waals surface area contributed by atoms with Crippen molar-refractivity contribution in [1.82, 2.24) is 0 Å². The second kappa shape index (κ2) is 5.71. The number of carbonyl (C=O) groups excluding carboxylic acids is 1. The predicted octanol–water partition coefficient (Wildman–Crippen LogP) is 4.66. The lowest BCUT2D eigenvalue weighted by Crippen LogP contribution is -2.07. The van der Waals surface area contributed by atoms with E-state index >= 15 is 0 Å². The molecule has 0 heterocycles. The fourth-order valence-corrected chi connectivity index (χ4v) is 2.23. The number of hydrogen-bond acceptors (Lipinski definition) is 1. The van der Waals surface area contributed by atoms with Crippen molar-refractivity contribution in [1.29, 1.82) is 0 Å². The highest BCUT2D eigenvalue weighted by atomic mass is 35.5. The van der Waals surface area contributed by atoms with E-state index in [4.69, 9.17) is 11.6 Å². The topological polar surface area (TPSA) is 17.1 Å². The number of benzene rings is 2. The van der Waals surface area contributed by atoms with E-state index in [9.17, 15) is 13.6 Å². The maximum atomic E-state index is 13.1. The van der Waals surface area contributed by atoms with Gasteiger partial charge in [0.15, 0.2) is 17.4 Å². The van der Waals surface area contributed by atoms with E-state index in [0.717, 1.165) is 23.3 Å². The standard InChI is InChI=1S/C16H13ClF2O/c1-9-6-13(17)10(2)5-12(9)16(20)8-11-3-4-14(18)15(19)7-11/h3-7H,8H2,1-2H3. The third kappa shape index (κ3) is 3.05. The van der Waals surface area contributed by atoms with Crippen LogP contribution in [-0.4, -0.2) is 5.78 Å². The molecule has 0 saturated carbocycles. The second-order valence-corrected chi connectivity index (χ2v) is 5.17. The molecule has 0 fully saturated rings. The molecule has 2 aromatic rings. The number of ketones is 1. The Labute approximate surface area is 121 Å². The van der Waals surface area contributed by atoms with Crippen molar-refractivity contribution in [2.24, 2.45) is 0 Å². The number of halogens is 3. The summed E-state index contributed by atoms with van der Waals surface area (Å²) in [7, 11) is 0. The van der Waals surface area contributed by atoms with Gasteiger partial charge in [-0.15, -0.1) is 0 Å². The summed E-state index contributed by atoms with van der Waals surface area (Å²) in [6.45, 7) is 3.61. The molecule has 0 atom stereocenters. The van der Waals surface area contributed by atoms with Gasteiger partial charge in [-0.25, -0.2) is 8.78 Å². The van der Waals surface area contributed by atoms with Gasteiger partial charge < -0.3 is 0 Å². The Morgan fingerprint density at radius 2 is 1.75 bits per heavy atom. The zero-order valence-corrected chi connectivity index (χ0v) is 11.9. The van der Waals surface area contributed by atoms with Crippen molar-refractivity contribution >= 4 is 17.4 Å². The first kappa shape index (κ1) is 14.7. The molecule has 0 unspecified atom stereocenters. The smallest absolute Gasteiger partial charge is 0.167 e. The first-order chi connectivity index (χ1) is 9.38. The maximum absolute atomic E-state index is 13.1. The van der Waals surface area contributed by atoms with Crippen LogP contribution in [0.15, 0.2) is 30.3 Å². The molecule has 0 N–H and O–H groups in total. The number of Topliss-reactive ketones (excluding diaryl/α,β-unsaturated/α-hetero) is 1. The highest BCUT2D eigenvalue weighted by molar-refractivity contribution is 6.31. The van der Waals surface area contributed by atoms with Crippen LogP contribution < -0.4 is 0 Å². The Morgan fingerprint density at radius 1 is 1.05 bits per heavy atom. The van der Waals surface area contributed by atoms with Crippen LogP contribution >= 0.6 is 11.6 Å². The summed E-state index contributed by atoms with van der Waals surface area (Å²) in [5.41, 5.74) is 2.58. The van der Waals surface area contributed by atoms with Crippen molar-refractivity contribution in [2.45, 2.75) is 20.3 Å². The summed E-state index contributed by atoms with van der Waals surface area (Å²) in [6, 6.07) is 6.94. The lowest BCUT2D eigenvalue weighted by atomic mass is 9.97. The average Bonchev–Trinajstić information content (AvgIpc) is 2.38. The van der Waals surface area contributed by atoms with Crippen LogP contribution in [0.3, 0.4) is 0 Å². The van der Waals surface area contributed by atoms with Crippen LogP contribution in [0, 0.1) is 25.5 Å². The molecular weight excluding hydrogens is 282 g/mol. The predicted molar refractivity (Wildman–Crippen MR) is 75.3 cm³/mol. The summed E-state index contributed by atoms with van der Waals surface area (Å²) in [5.74, 6) is -2.01. The Balaban J connectivity index is 2.28. The molecule has 0 aliphatic heterocycles. The zero-order chi connectivity index (χ0) is 14.9. The van der Waals surface area contributed by atoms with Gasteiger partial charge in [0.2, 0.25) is 0 Å².